The molecule has 20 heavy (non-hydrogen) atoms. The number of nitrogen functional groups attached to an aromatic ring is 1. The number of amides is 2. The molecule has 2 amide bonds. The lowest BCUT2D eigenvalue weighted by Gasteiger charge is -2.27. The molecule has 6 heteroatoms. The number of nitrogens with two attached hydrogens (primary N) is 2. The minimum absolute atomic E-state index is 0.184. The van der Waals surface area contributed by atoms with E-state index in [9.17, 15) is 9.59 Å². The molecule has 0 saturated carbocycles. The first kappa shape index (κ1) is 14.3. The second-order valence-corrected chi connectivity index (χ2v) is 5.05. The number of rotatable bonds is 4. The van der Waals surface area contributed by atoms with Crippen LogP contribution in [0.1, 0.15) is 19.8 Å². The van der Waals surface area contributed by atoms with Crippen molar-refractivity contribution in [1.29, 1.82) is 0 Å². The molecule has 1 aliphatic heterocycles. The van der Waals surface area contributed by atoms with Gasteiger partial charge in [-0.15, -0.1) is 0 Å². The number of hydrogen-bond donors (Lipinski definition) is 3. The van der Waals surface area contributed by atoms with Gasteiger partial charge in [0.05, 0.1) is 23.5 Å². The molecule has 0 aromatic heterocycles. The van der Waals surface area contributed by atoms with Gasteiger partial charge in [-0.05, 0) is 38.4 Å². The first-order chi connectivity index (χ1) is 9.50. The highest BCUT2D eigenvalue weighted by Crippen LogP contribution is 2.22. The number of anilines is 2. The quantitative estimate of drug-likeness (QED) is 0.699. The number of likely N-dealkylation sites (tertiary alicyclic amines) is 1. The lowest BCUT2D eigenvalue weighted by molar-refractivity contribution is -0.126. The SMILES string of the molecule is CC(C(=O)Nc1ccccc1N)N1CCCC1C(N)=O. The summed E-state index contributed by atoms with van der Waals surface area (Å²) in [5.74, 6) is -0.558. The summed E-state index contributed by atoms with van der Waals surface area (Å²) in [6.07, 6.45) is 1.58. The van der Waals surface area contributed by atoms with Crippen LogP contribution >= 0.6 is 0 Å². The van der Waals surface area contributed by atoms with Crippen LogP contribution in [0.2, 0.25) is 0 Å². The Morgan fingerprint density at radius 2 is 2.10 bits per heavy atom. The van der Waals surface area contributed by atoms with Crippen LogP contribution in [0.3, 0.4) is 0 Å². The molecule has 0 aliphatic carbocycles. The highest BCUT2D eigenvalue weighted by atomic mass is 16.2. The fourth-order valence-electron chi connectivity index (χ4n) is 2.56. The van der Waals surface area contributed by atoms with Crippen LogP contribution in [-0.2, 0) is 9.59 Å². The lowest BCUT2D eigenvalue weighted by Crippen LogP contribution is -2.49. The van der Waals surface area contributed by atoms with Crippen LogP contribution in [0.4, 0.5) is 11.4 Å². The number of carbonyl (C=O) groups is 2. The smallest absolute Gasteiger partial charge is 0.241 e. The van der Waals surface area contributed by atoms with Gasteiger partial charge in [0.2, 0.25) is 11.8 Å². The third kappa shape index (κ3) is 2.91. The van der Waals surface area contributed by atoms with E-state index in [1.54, 1.807) is 31.2 Å². The zero-order chi connectivity index (χ0) is 14.7. The molecule has 2 atom stereocenters. The standard InChI is InChI=1S/C14H20N4O2/c1-9(18-8-4-7-12(18)13(16)19)14(20)17-11-6-3-2-5-10(11)15/h2-3,5-6,9,12H,4,7-8,15H2,1H3,(H2,16,19)(H,17,20). The number of primary amides is 1. The Morgan fingerprint density at radius 1 is 1.40 bits per heavy atom. The zero-order valence-electron chi connectivity index (χ0n) is 11.5. The molecular weight excluding hydrogens is 256 g/mol. The van der Waals surface area contributed by atoms with Gasteiger partial charge in [-0.3, -0.25) is 14.5 Å². The van der Waals surface area contributed by atoms with Crippen molar-refractivity contribution in [1.82, 2.24) is 4.90 Å². The van der Waals surface area contributed by atoms with Crippen LogP contribution in [0.15, 0.2) is 24.3 Å². The molecule has 1 saturated heterocycles. The highest BCUT2D eigenvalue weighted by Gasteiger charge is 2.35. The zero-order valence-corrected chi connectivity index (χ0v) is 11.5. The van der Waals surface area contributed by atoms with E-state index in [0.29, 0.717) is 24.3 Å². The molecule has 1 aliphatic rings. The molecule has 1 heterocycles. The van der Waals surface area contributed by atoms with E-state index < -0.39 is 6.04 Å². The summed E-state index contributed by atoms with van der Waals surface area (Å²) in [4.78, 5) is 25.5. The monoisotopic (exact) mass is 276 g/mol. The number of hydrogen-bond acceptors (Lipinski definition) is 4. The average Bonchev–Trinajstić information content (AvgIpc) is 2.89. The van der Waals surface area contributed by atoms with Crippen LogP contribution in [0.5, 0.6) is 0 Å². The molecule has 2 unspecified atom stereocenters. The average molecular weight is 276 g/mol. The van der Waals surface area contributed by atoms with Gasteiger partial charge in [-0.2, -0.15) is 0 Å². The first-order valence-corrected chi connectivity index (χ1v) is 6.71. The number of nitrogens with zero attached hydrogens (tertiary/aromatic N) is 1. The second kappa shape index (κ2) is 5.92. The molecule has 2 rings (SSSR count). The molecule has 1 aromatic carbocycles. The summed E-state index contributed by atoms with van der Waals surface area (Å²) < 4.78 is 0. The maximum Gasteiger partial charge on any atom is 0.241 e. The number of benzene rings is 1. The Bertz CT molecular complexity index is 518. The minimum atomic E-state index is -0.422. The Kier molecular flexibility index (Phi) is 4.24. The van der Waals surface area contributed by atoms with E-state index in [2.05, 4.69) is 5.32 Å². The fraction of sp³-hybridized carbons (Fsp3) is 0.429. The number of carbonyl (C=O) groups excluding carboxylic acids is 2. The maximum atomic E-state index is 12.3. The Labute approximate surface area is 118 Å². The Hall–Kier alpha value is -2.08. The summed E-state index contributed by atoms with van der Waals surface area (Å²) in [6.45, 7) is 2.47. The third-order valence-electron chi connectivity index (χ3n) is 3.72. The predicted octanol–water partition coefficient (Wildman–Crippen LogP) is 0.546. The fourth-order valence-corrected chi connectivity index (χ4v) is 2.56. The van der Waals surface area contributed by atoms with E-state index in [1.165, 1.54) is 0 Å². The van der Waals surface area contributed by atoms with Gasteiger partial charge >= 0.3 is 0 Å². The summed E-state index contributed by atoms with van der Waals surface area (Å²) in [6, 6.07) is 6.30. The lowest BCUT2D eigenvalue weighted by atomic mass is 10.1. The van der Waals surface area contributed by atoms with Crippen molar-refractivity contribution in [3.05, 3.63) is 24.3 Å². The Morgan fingerprint density at radius 3 is 2.75 bits per heavy atom. The molecule has 6 nitrogen and oxygen atoms in total. The summed E-state index contributed by atoms with van der Waals surface area (Å²) in [7, 11) is 0. The van der Waals surface area contributed by atoms with Crippen LogP contribution in [0.25, 0.3) is 0 Å². The predicted molar refractivity (Wildman–Crippen MR) is 77.9 cm³/mol. The molecule has 0 spiro atoms. The summed E-state index contributed by atoms with van der Waals surface area (Å²) >= 11 is 0. The van der Waals surface area contributed by atoms with Crippen LogP contribution in [-0.4, -0.2) is 35.3 Å². The van der Waals surface area contributed by atoms with Crippen LogP contribution in [0, 0.1) is 0 Å². The van der Waals surface area contributed by atoms with Gasteiger partial charge in [0.25, 0.3) is 0 Å². The highest BCUT2D eigenvalue weighted by molar-refractivity contribution is 5.97. The van der Waals surface area contributed by atoms with E-state index in [0.717, 1.165) is 6.42 Å². The number of nitrogens with one attached hydrogen (secondary N) is 1. The van der Waals surface area contributed by atoms with Gasteiger partial charge in [-0.25, -0.2) is 0 Å². The molecule has 1 fully saturated rings. The van der Waals surface area contributed by atoms with E-state index in [-0.39, 0.29) is 17.9 Å². The molecule has 1 aromatic rings. The van der Waals surface area contributed by atoms with Crippen molar-refractivity contribution < 1.29 is 9.59 Å². The topological polar surface area (TPSA) is 101 Å². The minimum Gasteiger partial charge on any atom is -0.397 e. The molecule has 5 N–H and O–H groups in total. The molecule has 108 valence electrons. The maximum absolute atomic E-state index is 12.3. The van der Waals surface area contributed by atoms with Gasteiger partial charge in [0, 0.05) is 0 Å². The van der Waals surface area contributed by atoms with Crippen molar-refractivity contribution in [2.45, 2.75) is 31.8 Å². The first-order valence-electron chi connectivity index (χ1n) is 6.71. The second-order valence-electron chi connectivity index (χ2n) is 5.05. The van der Waals surface area contributed by atoms with Gasteiger partial charge < -0.3 is 16.8 Å². The third-order valence-corrected chi connectivity index (χ3v) is 3.72. The normalized spacial score (nSPS) is 20.6. The van der Waals surface area contributed by atoms with Crippen molar-refractivity contribution in [3.8, 4) is 0 Å². The van der Waals surface area contributed by atoms with E-state index >= 15 is 0 Å². The van der Waals surface area contributed by atoms with E-state index in [1.807, 2.05) is 4.90 Å². The molecular formula is C14H20N4O2. The van der Waals surface area contributed by atoms with Crippen molar-refractivity contribution in [2.24, 2.45) is 5.73 Å². The summed E-state index contributed by atoms with van der Waals surface area (Å²) in [5, 5.41) is 2.79. The van der Waals surface area contributed by atoms with E-state index in [4.69, 9.17) is 11.5 Å². The van der Waals surface area contributed by atoms with Crippen molar-refractivity contribution >= 4 is 23.2 Å². The van der Waals surface area contributed by atoms with Gasteiger partial charge in [-0.1, -0.05) is 12.1 Å². The number of para-hydroxylation sites is 2. The van der Waals surface area contributed by atoms with Crippen molar-refractivity contribution in [3.63, 3.8) is 0 Å². The van der Waals surface area contributed by atoms with Crippen molar-refractivity contribution in [2.75, 3.05) is 17.6 Å². The van der Waals surface area contributed by atoms with Crippen LogP contribution < -0.4 is 16.8 Å². The van der Waals surface area contributed by atoms with Gasteiger partial charge in [0.1, 0.15) is 0 Å². The largest absolute Gasteiger partial charge is 0.397 e. The molecule has 0 bridgehead atoms. The Balaban J connectivity index is 2.05. The summed E-state index contributed by atoms with van der Waals surface area (Å²) in [5.41, 5.74) is 12.3. The van der Waals surface area contributed by atoms with Gasteiger partial charge in [0.15, 0.2) is 0 Å². The molecule has 0 radical (unpaired) electrons.